The van der Waals surface area contributed by atoms with Crippen molar-refractivity contribution >= 4 is 54.0 Å². The van der Waals surface area contributed by atoms with E-state index in [9.17, 15) is 0 Å². The van der Waals surface area contributed by atoms with Gasteiger partial charge in [-0.25, -0.2) is 0 Å². The second-order valence-corrected chi connectivity index (χ2v) is 17.7. The molecule has 2 heterocycles. The van der Waals surface area contributed by atoms with Gasteiger partial charge in [-0.05, 0) is 109 Å². The molecule has 1 spiro atoms. The van der Waals surface area contributed by atoms with Crippen molar-refractivity contribution in [3.8, 4) is 22.3 Å². The number of hydrogen-bond acceptors (Lipinski definition) is 2. The lowest BCUT2D eigenvalue weighted by Gasteiger charge is -2.40. The molecule has 0 nitrogen and oxygen atoms in total. The van der Waals surface area contributed by atoms with Crippen LogP contribution < -0.4 is 0 Å². The highest BCUT2D eigenvalue weighted by atomic mass is 32.2. The molecule has 1 aliphatic heterocycles. The van der Waals surface area contributed by atoms with Crippen LogP contribution in [0.4, 0.5) is 0 Å². The van der Waals surface area contributed by atoms with Gasteiger partial charge in [0.05, 0.1) is 5.41 Å². The molecule has 2 heteroatoms. The standard InChI is InChI=1S/C55H36S2/c1-2-14-36(15-3-1)39-17-6-7-19-41(39)45(38-28-31-51-46(34-38)43-20-8-11-23-50(43)56-51)32-35-26-29-42-44-30-27-37-16-4-5-18-40(37)54(44)55(49(42)33-35)47-21-9-12-24-52(47)57-53-25-13-10-22-48(53)55/h1-31,33-34,45H,32H2. The van der Waals surface area contributed by atoms with Crippen LogP contribution in [0.1, 0.15) is 44.9 Å². The summed E-state index contributed by atoms with van der Waals surface area (Å²) in [6.07, 6.45) is 0.871. The molecule has 1 unspecified atom stereocenters. The van der Waals surface area contributed by atoms with Crippen LogP contribution in [0.2, 0.25) is 0 Å². The van der Waals surface area contributed by atoms with Crippen LogP contribution in [0, 0.1) is 0 Å². The first-order valence-electron chi connectivity index (χ1n) is 19.8. The highest BCUT2D eigenvalue weighted by Crippen LogP contribution is 2.63. The highest BCUT2D eigenvalue weighted by molar-refractivity contribution is 7.99. The quantitative estimate of drug-likeness (QED) is 0.168. The molecule has 268 valence electrons. The van der Waals surface area contributed by atoms with Crippen LogP contribution in [0.3, 0.4) is 0 Å². The Kier molecular flexibility index (Phi) is 7.48. The molecule has 0 bridgehead atoms. The summed E-state index contributed by atoms with van der Waals surface area (Å²) in [6.45, 7) is 0. The largest absolute Gasteiger partial charge is 0.135 e. The minimum atomic E-state index is -0.452. The molecule has 0 radical (unpaired) electrons. The molecule has 0 fully saturated rings. The summed E-state index contributed by atoms with van der Waals surface area (Å²) < 4.78 is 2.68. The fourth-order valence-corrected chi connectivity index (χ4v) is 12.4. The molecule has 0 saturated heterocycles. The first-order valence-corrected chi connectivity index (χ1v) is 21.5. The van der Waals surface area contributed by atoms with E-state index in [2.05, 4.69) is 200 Å². The molecule has 10 aromatic rings. The zero-order valence-corrected chi connectivity index (χ0v) is 32.8. The third-order valence-electron chi connectivity index (χ3n) is 12.5. The molecular weight excluding hydrogens is 725 g/mol. The summed E-state index contributed by atoms with van der Waals surface area (Å²) in [5.41, 5.74) is 14.4. The first-order chi connectivity index (χ1) is 28.3. The van der Waals surface area contributed by atoms with Crippen molar-refractivity contribution in [2.75, 3.05) is 0 Å². The van der Waals surface area contributed by atoms with Crippen molar-refractivity contribution < 1.29 is 0 Å². The summed E-state index contributed by atoms with van der Waals surface area (Å²) in [7, 11) is 0. The third-order valence-corrected chi connectivity index (χ3v) is 14.9. The van der Waals surface area contributed by atoms with Gasteiger partial charge in [-0.1, -0.05) is 182 Å². The zero-order valence-electron chi connectivity index (χ0n) is 31.2. The van der Waals surface area contributed by atoms with Crippen LogP contribution in [-0.2, 0) is 11.8 Å². The van der Waals surface area contributed by atoms with Gasteiger partial charge in [0.15, 0.2) is 0 Å². The van der Waals surface area contributed by atoms with Gasteiger partial charge in [-0.15, -0.1) is 11.3 Å². The molecule has 57 heavy (non-hydrogen) atoms. The summed E-state index contributed by atoms with van der Waals surface area (Å²) in [6, 6.07) is 75.6. The lowest BCUT2D eigenvalue weighted by atomic mass is 9.66. The average Bonchev–Trinajstić information content (AvgIpc) is 3.79. The maximum absolute atomic E-state index is 2.59. The maximum atomic E-state index is 2.59. The Bertz CT molecular complexity index is 3160. The van der Waals surface area contributed by atoms with E-state index in [-0.39, 0.29) is 5.92 Å². The monoisotopic (exact) mass is 760 g/mol. The van der Waals surface area contributed by atoms with Crippen molar-refractivity contribution in [2.45, 2.75) is 27.5 Å². The van der Waals surface area contributed by atoms with Crippen molar-refractivity contribution in [3.05, 3.63) is 239 Å². The smallest absolute Gasteiger partial charge is 0.0741 e. The SMILES string of the molecule is c1ccc(-c2ccccc2C(Cc2ccc3c(c2)C2(c4ccccc4Sc4ccccc42)c2c-3ccc3ccccc23)c2ccc3sc4ccccc4c3c2)cc1. The van der Waals surface area contributed by atoms with Gasteiger partial charge in [-0.3, -0.25) is 0 Å². The molecule has 2 aliphatic rings. The van der Waals surface area contributed by atoms with E-state index in [1.54, 1.807) is 0 Å². The Labute approximate surface area is 341 Å². The summed E-state index contributed by atoms with van der Waals surface area (Å²) in [5.74, 6) is 0.129. The van der Waals surface area contributed by atoms with E-state index in [4.69, 9.17) is 0 Å². The lowest BCUT2D eigenvalue weighted by Crippen LogP contribution is -2.32. The van der Waals surface area contributed by atoms with Gasteiger partial charge in [0, 0.05) is 35.9 Å². The van der Waals surface area contributed by atoms with Crippen molar-refractivity contribution in [3.63, 3.8) is 0 Å². The molecule has 0 saturated carbocycles. The fourth-order valence-electron chi connectivity index (χ4n) is 10.1. The number of benzene rings is 9. The molecule has 12 rings (SSSR count). The molecule has 1 aromatic heterocycles. The van der Waals surface area contributed by atoms with E-state index in [0.29, 0.717) is 0 Å². The van der Waals surface area contributed by atoms with Crippen LogP contribution >= 0.6 is 23.1 Å². The van der Waals surface area contributed by atoms with E-state index >= 15 is 0 Å². The zero-order chi connectivity index (χ0) is 37.5. The second kappa shape index (κ2) is 12.9. The van der Waals surface area contributed by atoms with Crippen molar-refractivity contribution in [1.82, 2.24) is 0 Å². The third kappa shape index (κ3) is 4.94. The van der Waals surface area contributed by atoms with Gasteiger partial charge in [0.25, 0.3) is 0 Å². The highest BCUT2D eigenvalue weighted by Gasteiger charge is 2.51. The number of thiophene rings is 1. The molecule has 9 aromatic carbocycles. The van der Waals surface area contributed by atoms with Crippen LogP contribution in [-0.4, -0.2) is 0 Å². The molecule has 1 aliphatic carbocycles. The molecular formula is C55H36S2. The minimum absolute atomic E-state index is 0.129. The molecule has 0 amide bonds. The predicted octanol–water partition coefficient (Wildman–Crippen LogP) is 15.1. The number of rotatable bonds is 5. The fraction of sp³-hybridized carbons (Fsp3) is 0.0545. The van der Waals surface area contributed by atoms with E-state index < -0.39 is 5.41 Å². The van der Waals surface area contributed by atoms with Gasteiger partial charge in [0.1, 0.15) is 0 Å². The average molecular weight is 761 g/mol. The van der Waals surface area contributed by atoms with Gasteiger partial charge >= 0.3 is 0 Å². The van der Waals surface area contributed by atoms with Gasteiger partial charge in [0.2, 0.25) is 0 Å². The summed E-state index contributed by atoms with van der Waals surface area (Å²) >= 11 is 3.80. The van der Waals surface area contributed by atoms with Crippen LogP contribution in [0.25, 0.3) is 53.2 Å². The summed E-state index contributed by atoms with van der Waals surface area (Å²) in [4.78, 5) is 2.67. The summed E-state index contributed by atoms with van der Waals surface area (Å²) in [5, 5.41) is 5.30. The number of fused-ring (bicyclic) bond motifs is 14. The predicted molar refractivity (Wildman–Crippen MR) is 242 cm³/mol. The van der Waals surface area contributed by atoms with Gasteiger partial charge < -0.3 is 0 Å². The lowest BCUT2D eigenvalue weighted by molar-refractivity contribution is 0.724. The van der Waals surface area contributed by atoms with Crippen LogP contribution in [0.15, 0.2) is 210 Å². The van der Waals surface area contributed by atoms with Crippen LogP contribution in [0.5, 0.6) is 0 Å². The maximum Gasteiger partial charge on any atom is 0.0741 e. The number of hydrogen-bond donors (Lipinski definition) is 0. The Morgan fingerprint density at radius 3 is 1.95 bits per heavy atom. The normalized spacial score (nSPS) is 14.0. The molecule has 1 atom stereocenters. The van der Waals surface area contributed by atoms with Crippen molar-refractivity contribution in [2.24, 2.45) is 0 Å². The second-order valence-electron chi connectivity index (χ2n) is 15.5. The van der Waals surface area contributed by atoms with E-state index in [0.717, 1.165) is 6.42 Å². The molecule has 0 N–H and O–H groups in total. The van der Waals surface area contributed by atoms with Crippen molar-refractivity contribution in [1.29, 1.82) is 0 Å². The first kappa shape index (κ1) is 33.0. The topological polar surface area (TPSA) is 0 Å². The Morgan fingerprint density at radius 1 is 0.439 bits per heavy atom. The Hall–Kier alpha value is -6.19. The van der Waals surface area contributed by atoms with E-state index in [1.165, 1.54) is 102 Å². The minimum Gasteiger partial charge on any atom is -0.135 e. The van der Waals surface area contributed by atoms with E-state index in [1.807, 2.05) is 23.1 Å². The van der Waals surface area contributed by atoms with Gasteiger partial charge in [-0.2, -0.15) is 0 Å². The Balaban J connectivity index is 1.11. The Morgan fingerprint density at radius 2 is 1.11 bits per heavy atom.